The number of rotatable bonds is 5. The summed E-state index contributed by atoms with van der Waals surface area (Å²) in [5.41, 5.74) is 6.50. The Morgan fingerprint density at radius 1 is 1.25 bits per heavy atom. The first kappa shape index (κ1) is 15.4. The monoisotopic (exact) mass is 284 g/mol. The Morgan fingerprint density at radius 3 is 2.60 bits per heavy atom. The number of aliphatic hydroxyl groups excluding tert-OH is 1. The van der Waals surface area contributed by atoms with Gasteiger partial charge in [-0.3, -0.25) is 4.90 Å². The lowest BCUT2D eigenvalue weighted by Gasteiger charge is -2.35. The Balaban J connectivity index is 1.92. The van der Waals surface area contributed by atoms with Crippen molar-refractivity contribution >= 4 is 0 Å². The van der Waals surface area contributed by atoms with Gasteiger partial charge in [0.05, 0.1) is 6.61 Å². The van der Waals surface area contributed by atoms with E-state index in [2.05, 4.69) is 4.90 Å². The summed E-state index contributed by atoms with van der Waals surface area (Å²) in [6.45, 7) is 1.85. The van der Waals surface area contributed by atoms with Gasteiger partial charge in [-0.05, 0) is 43.5 Å². The topological polar surface area (TPSA) is 49.5 Å². The Hall–Kier alpha value is -1.04. The second-order valence-corrected chi connectivity index (χ2v) is 5.47. The van der Waals surface area contributed by atoms with Crippen LogP contribution < -0.4 is 5.73 Å². The molecule has 20 heavy (non-hydrogen) atoms. The van der Waals surface area contributed by atoms with Crippen LogP contribution in [0.15, 0.2) is 18.2 Å². The molecular formula is C15H22F2N2O. The van der Waals surface area contributed by atoms with E-state index >= 15 is 0 Å². The highest BCUT2D eigenvalue weighted by atomic mass is 19.1. The van der Waals surface area contributed by atoms with Crippen molar-refractivity contribution in [2.24, 2.45) is 5.73 Å². The molecule has 1 aliphatic rings. The third-order valence-corrected chi connectivity index (χ3v) is 4.00. The van der Waals surface area contributed by atoms with E-state index < -0.39 is 11.6 Å². The van der Waals surface area contributed by atoms with Crippen molar-refractivity contribution in [2.75, 3.05) is 19.7 Å². The molecule has 0 aromatic heterocycles. The number of hydrogen-bond donors (Lipinski definition) is 2. The fraction of sp³-hybridized carbons (Fsp3) is 0.600. The van der Waals surface area contributed by atoms with Gasteiger partial charge in [0, 0.05) is 24.7 Å². The number of aliphatic hydroxyl groups is 1. The van der Waals surface area contributed by atoms with E-state index in [1.165, 1.54) is 12.1 Å². The minimum Gasteiger partial charge on any atom is -0.395 e. The highest BCUT2D eigenvalue weighted by molar-refractivity contribution is 5.21. The lowest BCUT2D eigenvalue weighted by Crippen LogP contribution is -2.42. The second-order valence-electron chi connectivity index (χ2n) is 5.47. The number of nitrogens with zero attached hydrogens (tertiary/aromatic N) is 1. The maximum absolute atomic E-state index is 13.2. The molecule has 1 heterocycles. The van der Waals surface area contributed by atoms with Crippen molar-refractivity contribution in [2.45, 2.75) is 37.8 Å². The van der Waals surface area contributed by atoms with Crippen LogP contribution in [0.1, 0.15) is 37.3 Å². The summed E-state index contributed by atoms with van der Waals surface area (Å²) in [6.07, 6.45) is 3.89. The molecule has 112 valence electrons. The standard InChI is InChI=1S/C15H22F2N2O/c16-12-7-11(8-13(17)9-12)15(18)4-6-19-5-2-1-3-14(19)10-20/h7-9,14-15,20H,1-6,10,18H2. The van der Waals surface area contributed by atoms with Crippen LogP contribution in [0, 0.1) is 11.6 Å². The number of piperidine rings is 1. The lowest BCUT2D eigenvalue weighted by atomic mass is 10.00. The highest BCUT2D eigenvalue weighted by Crippen LogP contribution is 2.21. The van der Waals surface area contributed by atoms with E-state index in [1.807, 2.05) is 0 Å². The van der Waals surface area contributed by atoms with Crippen LogP contribution >= 0.6 is 0 Å². The molecule has 1 aromatic carbocycles. The van der Waals surface area contributed by atoms with Crippen molar-refractivity contribution in [3.05, 3.63) is 35.4 Å². The van der Waals surface area contributed by atoms with Gasteiger partial charge < -0.3 is 10.8 Å². The zero-order valence-corrected chi connectivity index (χ0v) is 11.6. The average molecular weight is 284 g/mol. The quantitative estimate of drug-likeness (QED) is 0.871. The summed E-state index contributed by atoms with van der Waals surface area (Å²) >= 11 is 0. The van der Waals surface area contributed by atoms with Crippen molar-refractivity contribution in [3.8, 4) is 0 Å². The molecular weight excluding hydrogens is 262 g/mol. The first-order valence-corrected chi connectivity index (χ1v) is 7.16. The molecule has 0 bridgehead atoms. The predicted molar refractivity (Wildman–Crippen MR) is 74.2 cm³/mol. The molecule has 0 radical (unpaired) electrons. The van der Waals surface area contributed by atoms with Crippen LogP contribution in [0.2, 0.25) is 0 Å². The van der Waals surface area contributed by atoms with Crippen LogP contribution in [0.5, 0.6) is 0 Å². The molecule has 5 heteroatoms. The van der Waals surface area contributed by atoms with Crippen LogP contribution in [-0.2, 0) is 0 Å². The van der Waals surface area contributed by atoms with Gasteiger partial charge in [-0.25, -0.2) is 8.78 Å². The summed E-state index contributed by atoms with van der Waals surface area (Å²) in [7, 11) is 0. The first-order chi connectivity index (χ1) is 9.60. The molecule has 0 amide bonds. The molecule has 1 fully saturated rings. The Morgan fingerprint density at radius 2 is 1.95 bits per heavy atom. The molecule has 0 saturated carbocycles. The summed E-state index contributed by atoms with van der Waals surface area (Å²) in [6, 6.07) is 3.23. The summed E-state index contributed by atoms with van der Waals surface area (Å²) in [5.74, 6) is -1.19. The van der Waals surface area contributed by atoms with Crippen LogP contribution in [-0.4, -0.2) is 35.7 Å². The fourth-order valence-electron chi connectivity index (χ4n) is 2.82. The highest BCUT2D eigenvalue weighted by Gasteiger charge is 2.22. The summed E-state index contributed by atoms with van der Waals surface area (Å²) < 4.78 is 26.3. The third-order valence-electron chi connectivity index (χ3n) is 4.00. The van der Waals surface area contributed by atoms with Gasteiger partial charge in [0.1, 0.15) is 11.6 Å². The van der Waals surface area contributed by atoms with Gasteiger partial charge in [-0.2, -0.15) is 0 Å². The number of benzene rings is 1. The molecule has 1 saturated heterocycles. The molecule has 1 aliphatic heterocycles. The van der Waals surface area contributed by atoms with Gasteiger partial charge in [0.2, 0.25) is 0 Å². The van der Waals surface area contributed by atoms with Crippen LogP contribution in [0.3, 0.4) is 0 Å². The van der Waals surface area contributed by atoms with Crippen molar-refractivity contribution < 1.29 is 13.9 Å². The first-order valence-electron chi connectivity index (χ1n) is 7.16. The van der Waals surface area contributed by atoms with Crippen molar-refractivity contribution in [1.82, 2.24) is 4.90 Å². The van der Waals surface area contributed by atoms with E-state index in [1.54, 1.807) is 0 Å². The maximum atomic E-state index is 13.2. The van der Waals surface area contributed by atoms with Crippen LogP contribution in [0.4, 0.5) is 8.78 Å². The van der Waals surface area contributed by atoms with Gasteiger partial charge >= 0.3 is 0 Å². The molecule has 1 aromatic rings. The minimum absolute atomic E-state index is 0.157. The average Bonchev–Trinajstić information content (AvgIpc) is 2.44. The Kier molecular flexibility index (Phi) is 5.46. The zero-order chi connectivity index (χ0) is 14.5. The largest absolute Gasteiger partial charge is 0.395 e. The molecule has 3 N–H and O–H groups in total. The minimum atomic E-state index is -0.596. The van der Waals surface area contributed by atoms with Gasteiger partial charge in [0.15, 0.2) is 0 Å². The molecule has 2 unspecified atom stereocenters. The fourth-order valence-corrected chi connectivity index (χ4v) is 2.82. The molecule has 3 nitrogen and oxygen atoms in total. The Bertz CT molecular complexity index is 422. The maximum Gasteiger partial charge on any atom is 0.126 e. The van der Waals surface area contributed by atoms with E-state index in [0.29, 0.717) is 12.0 Å². The number of halogens is 2. The van der Waals surface area contributed by atoms with E-state index in [9.17, 15) is 13.9 Å². The molecule has 2 rings (SSSR count). The third kappa shape index (κ3) is 3.98. The van der Waals surface area contributed by atoms with Crippen molar-refractivity contribution in [3.63, 3.8) is 0 Å². The van der Waals surface area contributed by atoms with Gasteiger partial charge in [0.25, 0.3) is 0 Å². The smallest absolute Gasteiger partial charge is 0.126 e. The van der Waals surface area contributed by atoms with E-state index in [4.69, 9.17) is 5.73 Å². The number of hydrogen-bond acceptors (Lipinski definition) is 3. The number of nitrogens with two attached hydrogens (primary N) is 1. The molecule has 0 aliphatic carbocycles. The van der Waals surface area contributed by atoms with Crippen LogP contribution in [0.25, 0.3) is 0 Å². The molecule has 0 spiro atoms. The van der Waals surface area contributed by atoms with Gasteiger partial charge in [-0.1, -0.05) is 6.42 Å². The van der Waals surface area contributed by atoms with E-state index in [-0.39, 0.29) is 18.7 Å². The predicted octanol–water partition coefficient (Wildman–Crippen LogP) is 2.20. The van der Waals surface area contributed by atoms with E-state index in [0.717, 1.165) is 38.4 Å². The van der Waals surface area contributed by atoms with Crippen molar-refractivity contribution in [1.29, 1.82) is 0 Å². The Labute approximate surface area is 118 Å². The zero-order valence-electron chi connectivity index (χ0n) is 11.6. The summed E-state index contributed by atoms with van der Waals surface area (Å²) in [4.78, 5) is 2.22. The SMILES string of the molecule is NC(CCN1CCCCC1CO)c1cc(F)cc(F)c1. The number of likely N-dealkylation sites (tertiary alicyclic amines) is 1. The molecule has 2 atom stereocenters. The van der Waals surface area contributed by atoms with Gasteiger partial charge in [-0.15, -0.1) is 0 Å². The lowest BCUT2D eigenvalue weighted by molar-refractivity contribution is 0.0875. The summed E-state index contributed by atoms with van der Waals surface area (Å²) in [5, 5.41) is 9.34. The normalized spacial score (nSPS) is 21.9. The second kappa shape index (κ2) is 7.11.